The lowest BCUT2D eigenvalue weighted by Crippen LogP contribution is -2.31. The van der Waals surface area contributed by atoms with Crippen molar-refractivity contribution in [3.05, 3.63) is 41.2 Å². The Hall–Kier alpha value is -2.21. The van der Waals surface area contributed by atoms with Crippen LogP contribution in [0.1, 0.15) is 33.6 Å². The monoisotopic (exact) mass is 290 g/mol. The Kier molecular flexibility index (Phi) is 3.47. The minimum Gasteiger partial charge on any atom is -0.489 e. The van der Waals surface area contributed by atoms with E-state index in [0.717, 1.165) is 12.8 Å². The standard InChI is InChI=1S/C15H15FN2O3/c16-6-9(7-17)8-21-11-3-4-12-13(5-11)15(20)18(14(12)19)10-1-2-10/h3-6,10H,1-2,7-8,17H2/b9-6+. The van der Waals surface area contributed by atoms with Crippen molar-refractivity contribution >= 4 is 11.8 Å². The first kappa shape index (κ1) is 13.8. The van der Waals surface area contributed by atoms with Crippen LogP contribution < -0.4 is 10.5 Å². The van der Waals surface area contributed by atoms with Gasteiger partial charge in [0.25, 0.3) is 11.8 Å². The van der Waals surface area contributed by atoms with Gasteiger partial charge in [-0.3, -0.25) is 14.5 Å². The lowest BCUT2D eigenvalue weighted by atomic mass is 10.1. The average molecular weight is 290 g/mol. The maximum absolute atomic E-state index is 12.4. The number of nitrogens with zero attached hydrogens (tertiary/aromatic N) is 1. The molecule has 2 aliphatic rings. The van der Waals surface area contributed by atoms with Gasteiger partial charge in [0.15, 0.2) is 0 Å². The van der Waals surface area contributed by atoms with Gasteiger partial charge in [-0.05, 0) is 31.0 Å². The van der Waals surface area contributed by atoms with Crippen LogP contribution >= 0.6 is 0 Å². The van der Waals surface area contributed by atoms with Crippen molar-refractivity contribution in [2.75, 3.05) is 13.2 Å². The molecule has 1 aliphatic heterocycles. The maximum atomic E-state index is 12.4. The Morgan fingerprint density at radius 3 is 2.67 bits per heavy atom. The average Bonchev–Trinajstić information content (AvgIpc) is 3.29. The van der Waals surface area contributed by atoms with Crippen molar-refractivity contribution in [2.24, 2.45) is 5.73 Å². The number of rotatable bonds is 5. The summed E-state index contributed by atoms with van der Waals surface area (Å²) in [6.45, 7) is 0.0780. The Morgan fingerprint density at radius 2 is 2.05 bits per heavy atom. The van der Waals surface area contributed by atoms with Gasteiger partial charge >= 0.3 is 0 Å². The van der Waals surface area contributed by atoms with E-state index < -0.39 is 0 Å². The molecule has 110 valence electrons. The van der Waals surface area contributed by atoms with Gasteiger partial charge in [-0.25, -0.2) is 4.39 Å². The number of hydrogen-bond donors (Lipinski definition) is 1. The summed E-state index contributed by atoms with van der Waals surface area (Å²) >= 11 is 0. The van der Waals surface area contributed by atoms with Gasteiger partial charge in [0.1, 0.15) is 12.4 Å². The van der Waals surface area contributed by atoms with E-state index in [1.807, 2.05) is 0 Å². The van der Waals surface area contributed by atoms with E-state index in [1.165, 1.54) is 11.0 Å². The van der Waals surface area contributed by atoms with E-state index in [4.69, 9.17) is 10.5 Å². The van der Waals surface area contributed by atoms with E-state index in [-0.39, 0.29) is 31.0 Å². The van der Waals surface area contributed by atoms with Gasteiger partial charge < -0.3 is 10.5 Å². The van der Waals surface area contributed by atoms with Crippen LogP contribution in [0.15, 0.2) is 30.1 Å². The molecule has 1 aromatic rings. The summed E-state index contributed by atoms with van der Waals surface area (Å²) in [6, 6.07) is 4.76. The van der Waals surface area contributed by atoms with Crippen molar-refractivity contribution in [3.63, 3.8) is 0 Å². The third-order valence-corrected chi connectivity index (χ3v) is 3.64. The summed E-state index contributed by atoms with van der Waals surface area (Å²) < 4.78 is 17.8. The molecule has 3 rings (SSSR count). The highest BCUT2D eigenvalue weighted by Gasteiger charge is 2.44. The van der Waals surface area contributed by atoms with Crippen molar-refractivity contribution in [1.29, 1.82) is 0 Å². The van der Waals surface area contributed by atoms with Crippen molar-refractivity contribution < 1.29 is 18.7 Å². The molecule has 2 amide bonds. The van der Waals surface area contributed by atoms with Crippen LogP contribution in [0.4, 0.5) is 4.39 Å². The zero-order valence-electron chi connectivity index (χ0n) is 11.3. The van der Waals surface area contributed by atoms with Crippen LogP contribution in [0.3, 0.4) is 0 Å². The number of imide groups is 1. The molecule has 0 saturated heterocycles. The fraction of sp³-hybridized carbons (Fsp3) is 0.333. The summed E-state index contributed by atoms with van der Waals surface area (Å²) in [4.78, 5) is 25.7. The maximum Gasteiger partial charge on any atom is 0.261 e. The number of halogens is 1. The molecule has 6 heteroatoms. The van der Waals surface area contributed by atoms with Crippen molar-refractivity contribution in [2.45, 2.75) is 18.9 Å². The Labute approximate surface area is 121 Å². The molecule has 0 aromatic heterocycles. The summed E-state index contributed by atoms with van der Waals surface area (Å²) in [7, 11) is 0. The van der Waals surface area contributed by atoms with Gasteiger partial charge in [0.2, 0.25) is 0 Å². The second-order valence-corrected chi connectivity index (χ2v) is 5.18. The van der Waals surface area contributed by atoms with Crippen LogP contribution in [0, 0.1) is 0 Å². The number of ether oxygens (including phenoxy) is 1. The van der Waals surface area contributed by atoms with Crippen LogP contribution in [-0.4, -0.2) is 35.9 Å². The highest BCUT2D eigenvalue weighted by molar-refractivity contribution is 6.21. The normalized spacial score (nSPS) is 18.2. The molecule has 1 aliphatic carbocycles. The Balaban J connectivity index is 1.80. The first-order valence-corrected chi connectivity index (χ1v) is 6.78. The molecule has 0 spiro atoms. The molecular weight excluding hydrogens is 275 g/mol. The molecule has 1 fully saturated rings. The topological polar surface area (TPSA) is 72.6 Å². The number of nitrogens with two attached hydrogens (primary N) is 1. The SMILES string of the molecule is NC/C(=C\F)COc1ccc2c(c1)C(=O)N(C1CC1)C2=O. The van der Waals surface area contributed by atoms with Gasteiger partial charge in [0, 0.05) is 18.2 Å². The fourth-order valence-electron chi connectivity index (χ4n) is 2.30. The first-order valence-electron chi connectivity index (χ1n) is 6.78. The summed E-state index contributed by atoms with van der Waals surface area (Å²) in [5.41, 5.74) is 6.41. The van der Waals surface area contributed by atoms with Gasteiger partial charge in [-0.15, -0.1) is 0 Å². The van der Waals surface area contributed by atoms with Crippen LogP contribution in [0.5, 0.6) is 5.75 Å². The lowest BCUT2D eigenvalue weighted by molar-refractivity contribution is 0.0642. The summed E-state index contributed by atoms with van der Waals surface area (Å²) in [6.07, 6.45) is 2.16. The molecule has 5 nitrogen and oxygen atoms in total. The largest absolute Gasteiger partial charge is 0.489 e. The molecular formula is C15H15FN2O3. The molecule has 1 saturated carbocycles. The van der Waals surface area contributed by atoms with E-state index >= 15 is 0 Å². The number of carbonyl (C=O) groups is 2. The number of fused-ring (bicyclic) bond motifs is 1. The lowest BCUT2D eigenvalue weighted by Gasteiger charge is -2.11. The number of hydrogen-bond acceptors (Lipinski definition) is 4. The first-order chi connectivity index (χ1) is 10.2. The number of amides is 2. The van der Waals surface area contributed by atoms with E-state index in [1.54, 1.807) is 12.1 Å². The zero-order chi connectivity index (χ0) is 15.0. The minimum absolute atomic E-state index is 0.0141. The van der Waals surface area contributed by atoms with Gasteiger partial charge in [0.05, 0.1) is 17.5 Å². The molecule has 1 heterocycles. The van der Waals surface area contributed by atoms with Crippen LogP contribution in [0.2, 0.25) is 0 Å². The quantitative estimate of drug-likeness (QED) is 0.837. The number of benzene rings is 1. The molecule has 1 aromatic carbocycles. The molecule has 0 bridgehead atoms. The van der Waals surface area contributed by atoms with E-state index in [2.05, 4.69) is 0 Å². The van der Waals surface area contributed by atoms with Crippen molar-refractivity contribution in [1.82, 2.24) is 4.90 Å². The molecule has 21 heavy (non-hydrogen) atoms. The fourth-order valence-corrected chi connectivity index (χ4v) is 2.30. The highest BCUT2D eigenvalue weighted by Crippen LogP contribution is 2.35. The molecule has 0 radical (unpaired) electrons. The predicted molar refractivity (Wildman–Crippen MR) is 73.7 cm³/mol. The van der Waals surface area contributed by atoms with Crippen molar-refractivity contribution in [3.8, 4) is 5.75 Å². The summed E-state index contributed by atoms with van der Waals surface area (Å²) in [5, 5.41) is 0. The molecule has 0 unspecified atom stereocenters. The smallest absolute Gasteiger partial charge is 0.261 e. The van der Waals surface area contributed by atoms with E-state index in [0.29, 0.717) is 28.8 Å². The van der Waals surface area contributed by atoms with Gasteiger partial charge in [-0.2, -0.15) is 0 Å². The highest BCUT2D eigenvalue weighted by atomic mass is 19.1. The Morgan fingerprint density at radius 1 is 1.33 bits per heavy atom. The summed E-state index contributed by atoms with van der Waals surface area (Å²) in [5.74, 6) is -0.0984. The third kappa shape index (κ3) is 2.42. The number of carbonyl (C=O) groups excluding carboxylic acids is 2. The Bertz CT molecular complexity index is 638. The third-order valence-electron chi connectivity index (χ3n) is 3.64. The van der Waals surface area contributed by atoms with Crippen LogP contribution in [0.25, 0.3) is 0 Å². The zero-order valence-corrected chi connectivity index (χ0v) is 11.3. The van der Waals surface area contributed by atoms with E-state index in [9.17, 15) is 14.0 Å². The van der Waals surface area contributed by atoms with Crippen LogP contribution in [-0.2, 0) is 0 Å². The minimum atomic E-state index is -0.275. The second kappa shape index (κ2) is 5.29. The van der Waals surface area contributed by atoms with Gasteiger partial charge in [-0.1, -0.05) is 0 Å². The molecule has 2 N–H and O–H groups in total. The molecule has 0 atom stereocenters. The second-order valence-electron chi connectivity index (χ2n) is 5.18. The predicted octanol–water partition coefficient (Wildman–Crippen LogP) is 1.64.